The summed E-state index contributed by atoms with van der Waals surface area (Å²) in [6.07, 6.45) is -4.54. The van der Waals surface area contributed by atoms with Crippen LogP contribution in [-0.4, -0.2) is 46.4 Å². The second kappa shape index (κ2) is 6.35. The van der Waals surface area contributed by atoms with Crippen LogP contribution in [-0.2, 0) is 4.79 Å². The van der Waals surface area contributed by atoms with Crippen LogP contribution >= 0.6 is 0 Å². The number of hydrogen-bond acceptors (Lipinski definition) is 4. The van der Waals surface area contributed by atoms with E-state index >= 15 is 0 Å². The van der Waals surface area contributed by atoms with Gasteiger partial charge >= 0.3 is 12.3 Å². The van der Waals surface area contributed by atoms with Gasteiger partial charge in [0.25, 0.3) is 5.91 Å². The number of piperidine rings is 1. The number of rotatable bonds is 3. The van der Waals surface area contributed by atoms with Gasteiger partial charge < -0.3 is 19.8 Å². The summed E-state index contributed by atoms with van der Waals surface area (Å²) in [6.45, 7) is 0.254. The molecule has 0 unspecified atom stereocenters. The summed E-state index contributed by atoms with van der Waals surface area (Å²) in [5.41, 5.74) is -0.339. The highest BCUT2D eigenvalue weighted by Gasteiger charge is 2.34. The molecule has 0 saturated carbocycles. The largest absolute Gasteiger partial charge is 0.573 e. The number of nitrogens with zero attached hydrogens (tertiary/aromatic N) is 1. The number of carbonyl (C=O) groups excluding carboxylic acids is 1. The molecule has 0 aliphatic carbocycles. The molecular weight excluding hydrogens is 319 g/mol. The van der Waals surface area contributed by atoms with Crippen LogP contribution in [0.3, 0.4) is 0 Å². The van der Waals surface area contributed by atoms with E-state index in [1.54, 1.807) is 0 Å². The summed E-state index contributed by atoms with van der Waals surface area (Å²) in [6, 6.07) is 2.84. The monoisotopic (exact) mass is 333 g/mol. The number of alkyl halides is 3. The molecule has 1 aliphatic heterocycles. The van der Waals surface area contributed by atoms with E-state index in [-0.39, 0.29) is 31.5 Å². The molecular formula is C14H14F3NO5. The maximum absolute atomic E-state index is 12.4. The summed E-state index contributed by atoms with van der Waals surface area (Å²) < 4.78 is 41.0. The number of aromatic hydroxyl groups is 1. The molecule has 9 heteroatoms. The van der Waals surface area contributed by atoms with Crippen molar-refractivity contribution in [2.24, 2.45) is 5.92 Å². The number of carboxylic acids is 1. The lowest BCUT2D eigenvalue weighted by molar-refractivity contribution is -0.274. The van der Waals surface area contributed by atoms with E-state index in [0.29, 0.717) is 6.07 Å². The Labute approximate surface area is 129 Å². The fraction of sp³-hybridized carbons (Fsp3) is 0.429. The first-order valence-corrected chi connectivity index (χ1v) is 6.78. The topological polar surface area (TPSA) is 87.1 Å². The van der Waals surface area contributed by atoms with Crippen molar-refractivity contribution in [3.8, 4) is 11.5 Å². The molecule has 1 aromatic rings. The van der Waals surface area contributed by atoms with Gasteiger partial charge in [0.1, 0.15) is 11.5 Å². The highest BCUT2D eigenvalue weighted by atomic mass is 19.4. The number of benzene rings is 1. The van der Waals surface area contributed by atoms with E-state index in [4.69, 9.17) is 5.11 Å². The second-order valence-corrected chi connectivity index (χ2v) is 5.13. The lowest BCUT2D eigenvalue weighted by Crippen LogP contribution is -2.40. The Morgan fingerprint density at radius 1 is 1.22 bits per heavy atom. The highest BCUT2D eigenvalue weighted by molar-refractivity contribution is 5.97. The molecule has 1 fully saturated rings. The molecule has 1 aromatic carbocycles. The van der Waals surface area contributed by atoms with Gasteiger partial charge in [-0.15, -0.1) is 13.2 Å². The number of phenols is 1. The van der Waals surface area contributed by atoms with Gasteiger partial charge in [0.2, 0.25) is 0 Å². The van der Waals surface area contributed by atoms with Gasteiger partial charge in [0, 0.05) is 19.2 Å². The van der Waals surface area contributed by atoms with Crippen molar-refractivity contribution in [1.29, 1.82) is 0 Å². The molecule has 0 atom stereocenters. The highest BCUT2D eigenvalue weighted by Crippen LogP contribution is 2.31. The second-order valence-electron chi connectivity index (χ2n) is 5.13. The van der Waals surface area contributed by atoms with Crippen molar-refractivity contribution in [3.05, 3.63) is 23.8 Å². The van der Waals surface area contributed by atoms with Crippen molar-refractivity contribution in [3.63, 3.8) is 0 Å². The van der Waals surface area contributed by atoms with Crippen molar-refractivity contribution in [1.82, 2.24) is 4.90 Å². The molecule has 23 heavy (non-hydrogen) atoms. The molecule has 126 valence electrons. The van der Waals surface area contributed by atoms with Gasteiger partial charge in [0.15, 0.2) is 0 Å². The maximum atomic E-state index is 12.4. The third-order valence-electron chi connectivity index (χ3n) is 3.55. The first-order valence-electron chi connectivity index (χ1n) is 6.78. The zero-order valence-corrected chi connectivity index (χ0v) is 11.8. The molecule has 2 rings (SSSR count). The predicted molar refractivity (Wildman–Crippen MR) is 71.1 cm³/mol. The van der Waals surface area contributed by atoms with E-state index in [9.17, 15) is 27.9 Å². The number of carbonyl (C=O) groups is 2. The Balaban J connectivity index is 2.18. The number of ether oxygens (including phenoxy) is 1. The van der Waals surface area contributed by atoms with Gasteiger partial charge in [0.05, 0.1) is 11.5 Å². The van der Waals surface area contributed by atoms with Gasteiger partial charge in [-0.25, -0.2) is 0 Å². The lowest BCUT2D eigenvalue weighted by atomic mass is 9.96. The minimum absolute atomic E-state index is 0.127. The summed E-state index contributed by atoms with van der Waals surface area (Å²) in [7, 11) is 0. The Morgan fingerprint density at radius 2 is 1.83 bits per heavy atom. The van der Waals surface area contributed by atoms with Crippen LogP contribution in [0.1, 0.15) is 23.2 Å². The molecule has 1 amide bonds. The van der Waals surface area contributed by atoms with E-state index in [1.165, 1.54) is 4.90 Å². The maximum Gasteiger partial charge on any atom is 0.573 e. The van der Waals surface area contributed by atoms with Crippen molar-refractivity contribution in [2.45, 2.75) is 19.2 Å². The Morgan fingerprint density at radius 3 is 2.35 bits per heavy atom. The normalized spacial score (nSPS) is 16.2. The number of aliphatic carboxylic acids is 1. The molecule has 1 aliphatic rings. The number of amides is 1. The zero-order chi connectivity index (χ0) is 17.2. The number of phenolic OH excluding ortho intramolecular Hbond substituents is 1. The average molecular weight is 333 g/mol. The first-order chi connectivity index (χ1) is 10.7. The zero-order valence-electron chi connectivity index (χ0n) is 11.8. The molecule has 0 radical (unpaired) electrons. The fourth-order valence-electron chi connectivity index (χ4n) is 2.40. The third-order valence-corrected chi connectivity index (χ3v) is 3.55. The number of hydrogen-bond donors (Lipinski definition) is 2. The Bertz CT molecular complexity index is 609. The van der Waals surface area contributed by atoms with Crippen molar-refractivity contribution in [2.75, 3.05) is 13.1 Å². The van der Waals surface area contributed by atoms with Crippen LogP contribution in [0, 0.1) is 5.92 Å². The van der Waals surface area contributed by atoms with Gasteiger partial charge in [-0.2, -0.15) is 0 Å². The summed E-state index contributed by atoms with van der Waals surface area (Å²) in [5.74, 6) is -3.48. The van der Waals surface area contributed by atoms with Gasteiger partial charge in [-0.3, -0.25) is 9.59 Å². The predicted octanol–water partition coefficient (Wildman–Crippen LogP) is 2.23. The minimum Gasteiger partial charge on any atom is -0.508 e. The summed E-state index contributed by atoms with van der Waals surface area (Å²) >= 11 is 0. The Hall–Kier alpha value is -2.45. The summed E-state index contributed by atoms with van der Waals surface area (Å²) in [4.78, 5) is 24.5. The van der Waals surface area contributed by atoms with Crippen molar-refractivity contribution >= 4 is 11.9 Å². The van der Waals surface area contributed by atoms with E-state index in [0.717, 1.165) is 12.1 Å². The number of likely N-dealkylation sites (tertiary alicyclic amines) is 1. The molecule has 2 N–H and O–H groups in total. The molecule has 0 spiro atoms. The molecule has 1 saturated heterocycles. The average Bonchev–Trinajstić information content (AvgIpc) is 2.45. The van der Waals surface area contributed by atoms with E-state index in [2.05, 4.69) is 4.74 Å². The van der Waals surface area contributed by atoms with E-state index in [1.807, 2.05) is 0 Å². The van der Waals surface area contributed by atoms with Crippen LogP contribution in [0.5, 0.6) is 11.5 Å². The third kappa shape index (κ3) is 4.27. The quantitative estimate of drug-likeness (QED) is 0.886. The fourth-order valence-corrected chi connectivity index (χ4v) is 2.40. The van der Waals surface area contributed by atoms with E-state index < -0.39 is 35.7 Å². The van der Waals surface area contributed by atoms with Crippen molar-refractivity contribution < 1.29 is 37.7 Å². The summed E-state index contributed by atoms with van der Waals surface area (Å²) in [5, 5.41) is 18.2. The standard InChI is InChI=1S/C14H14F3NO5/c15-14(16,17)23-11-7-9(19)1-2-10(11)12(20)18-5-3-8(4-6-18)13(21)22/h1-2,7-8,19H,3-6H2,(H,21,22). The minimum atomic E-state index is -5.00. The molecule has 0 bridgehead atoms. The van der Waals surface area contributed by atoms with Gasteiger partial charge in [-0.05, 0) is 25.0 Å². The first kappa shape index (κ1) is 16.9. The number of carboxylic acid groups (broad SMARTS) is 1. The van der Waals surface area contributed by atoms with Crippen LogP contribution in [0.4, 0.5) is 13.2 Å². The smallest absolute Gasteiger partial charge is 0.508 e. The molecule has 0 aromatic heterocycles. The SMILES string of the molecule is O=C(O)C1CCN(C(=O)c2ccc(O)cc2OC(F)(F)F)CC1. The molecule has 1 heterocycles. The number of halogens is 3. The van der Waals surface area contributed by atoms with Crippen LogP contribution in [0.2, 0.25) is 0 Å². The molecule has 6 nitrogen and oxygen atoms in total. The van der Waals surface area contributed by atoms with Gasteiger partial charge in [-0.1, -0.05) is 0 Å². The van der Waals surface area contributed by atoms with Crippen LogP contribution in [0.15, 0.2) is 18.2 Å². The van der Waals surface area contributed by atoms with Crippen LogP contribution in [0.25, 0.3) is 0 Å². The lowest BCUT2D eigenvalue weighted by Gasteiger charge is -2.30. The van der Waals surface area contributed by atoms with Crippen LogP contribution < -0.4 is 4.74 Å². The Kier molecular flexibility index (Phi) is 4.67.